The fourth-order valence-electron chi connectivity index (χ4n) is 3.16. The standard InChI is InChI=1S/C18H17N3O5S5/c1-9-19-5-12(30-9)28-6-10-7-29-17-14(16(23)21(17)15(10)18(24)25)20-11(22)8-31(26)13-3-2-4-27-13/h2-5,14,17H,6-8H2,1H3,(H,20,22)(H,24,25)/t14?,17-,31?/m1/s1. The van der Waals surface area contributed by atoms with Crippen LogP contribution < -0.4 is 5.32 Å². The van der Waals surface area contributed by atoms with Crippen molar-refractivity contribution in [2.75, 3.05) is 17.3 Å². The van der Waals surface area contributed by atoms with Gasteiger partial charge in [-0.1, -0.05) is 6.07 Å². The lowest BCUT2D eigenvalue weighted by Crippen LogP contribution is -2.70. The molecule has 1 saturated heterocycles. The molecule has 8 nitrogen and oxygen atoms in total. The molecule has 0 aromatic carbocycles. The predicted molar refractivity (Wildman–Crippen MR) is 123 cm³/mol. The molecule has 2 unspecified atom stereocenters. The van der Waals surface area contributed by atoms with Crippen LogP contribution in [-0.2, 0) is 25.2 Å². The van der Waals surface area contributed by atoms with E-state index in [1.165, 1.54) is 51.1 Å². The van der Waals surface area contributed by atoms with Crippen LogP contribution in [0.4, 0.5) is 0 Å². The van der Waals surface area contributed by atoms with E-state index < -0.39 is 40.0 Å². The number of aliphatic carboxylic acids is 1. The third-order valence-corrected chi connectivity index (χ3v) is 10.7. The molecule has 164 valence electrons. The van der Waals surface area contributed by atoms with Crippen LogP contribution in [0, 0.1) is 6.92 Å². The fourth-order valence-corrected chi connectivity index (χ4v) is 8.51. The molecule has 2 aromatic rings. The highest BCUT2D eigenvalue weighted by Crippen LogP contribution is 2.42. The van der Waals surface area contributed by atoms with E-state index in [1.807, 2.05) is 6.92 Å². The Kier molecular flexibility index (Phi) is 6.86. The summed E-state index contributed by atoms with van der Waals surface area (Å²) in [5, 5.41) is 14.6. The number of thiazole rings is 1. The number of carbonyl (C=O) groups is 3. The lowest BCUT2D eigenvalue weighted by molar-refractivity contribution is -0.150. The molecule has 4 heterocycles. The fraction of sp³-hybridized carbons (Fsp3) is 0.333. The molecule has 0 bridgehead atoms. The number of hydrogen-bond acceptors (Lipinski definition) is 9. The minimum absolute atomic E-state index is 0.00449. The monoisotopic (exact) mass is 515 g/mol. The van der Waals surface area contributed by atoms with Crippen LogP contribution >= 0.6 is 46.2 Å². The van der Waals surface area contributed by atoms with Crippen LogP contribution in [0.2, 0.25) is 0 Å². The Balaban J connectivity index is 1.41. The van der Waals surface area contributed by atoms with E-state index in [-0.39, 0.29) is 11.4 Å². The second-order valence-corrected chi connectivity index (χ2v) is 12.9. The second kappa shape index (κ2) is 9.45. The second-order valence-electron chi connectivity index (χ2n) is 6.62. The summed E-state index contributed by atoms with van der Waals surface area (Å²) in [4.78, 5) is 42.4. The summed E-state index contributed by atoms with van der Waals surface area (Å²) >= 11 is 5.76. The number of β-lactam (4-membered cyclic amide) rings is 1. The van der Waals surface area contributed by atoms with Gasteiger partial charge in [-0.15, -0.1) is 46.2 Å². The SMILES string of the molecule is Cc1ncc(SCC2=C(C(=O)O)N3C(=O)C(NC(=O)CS(=O)c4cccs4)[C@H]3SC2)s1. The Bertz CT molecular complexity index is 1080. The van der Waals surface area contributed by atoms with Crippen molar-refractivity contribution in [3.63, 3.8) is 0 Å². The van der Waals surface area contributed by atoms with Crippen LogP contribution in [0.5, 0.6) is 0 Å². The van der Waals surface area contributed by atoms with E-state index in [2.05, 4.69) is 10.3 Å². The molecular weight excluding hydrogens is 499 g/mol. The van der Waals surface area contributed by atoms with E-state index >= 15 is 0 Å². The summed E-state index contributed by atoms with van der Waals surface area (Å²) in [7, 11) is -1.47. The van der Waals surface area contributed by atoms with Crippen molar-refractivity contribution < 1.29 is 23.7 Å². The van der Waals surface area contributed by atoms with Crippen molar-refractivity contribution in [3.8, 4) is 0 Å². The number of nitrogens with zero attached hydrogens (tertiary/aromatic N) is 2. The number of fused-ring (bicyclic) bond motifs is 1. The Morgan fingerprint density at radius 2 is 2.26 bits per heavy atom. The van der Waals surface area contributed by atoms with Gasteiger partial charge in [0, 0.05) is 11.5 Å². The highest BCUT2D eigenvalue weighted by atomic mass is 32.2. The minimum Gasteiger partial charge on any atom is -0.477 e. The number of aromatic nitrogens is 1. The third-order valence-electron chi connectivity index (χ3n) is 4.54. The molecule has 0 spiro atoms. The lowest BCUT2D eigenvalue weighted by atomic mass is 10.0. The maximum atomic E-state index is 12.7. The van der Waals surface area contributed by atoms with Gasteiger partial charge in [-0.05, 0) is 23.9 Å². The summed E-state index contributed by atoms with van der Waals surface area (Å²) in [6, 6.07) is 2.64. The average molecular weight is 516 g/mol. The predicted octanol–water partition coefficient (Wildman–Crippen LogP) is 2.15. The van der Waals surface area contributed by atoms with Crippen molar-refractivity contribution in [3.05, 3.63) is 40.0 Å². The van der Waals surface area contributed by atoms with Gasteiger partial charge in [0.25, 0.3) is 5.91 Å². The van der Waals surface area contributed by atoms with Crippen molar-refractivity contribution in [2.45, 2.75) is 26.8 Å². The number of thioether (sulfide) groups is 2. The molecule has 0 radical (unpaired) electrons. The van der Waals surface area contributed by atoms with Gasteiger partial charge in [0.2, 0.25) is 5.91 Å². The van der Waals surface area contributed by atoms with E-state index in [1.54, 1.807) is 23.7 Å². The van der Waals surface area contributed by atoms with E-state index in [0.29, 0.717) is 21.3 Å². The van der Waals surface area contributed by atoms with Crippen molar-refractivity contribution in [1.29, 1.82) is 0 Å². The first-order valence-electron chi connectivity index (χ1n) is 9.01. The molecule has 2 aliphatic rings. The Morgan fingerprint density at radius 3 is 2.90 bits per heavy atom. The zero-order valence-corrected chi connectivity index (χ0v) is 20.2. The average Bonchev–Trinajstić information content (AvgIpc) is 3.41. The highest BCUT2D eigenvalue weighted by molar-refractivity contribution is 8.02. The topological polar surface area (TPSA) is 117 Å². The molecule has 2 aliphatic heterocycles. The zero-order chi connectivity index (χ0) is 22.1. The smallest absolute Gasteiger partial charge is 0.352 e. The third kappa shape index (κ3) is 4.75. The van der Waals surface area contributed by atoms with Crippen LogP contribution in [0.1, 0.15) is 5.01 Å². The van der Waals surface area contributed by atoms with E-state index in [0.717, 1.165) is 9.22 Å². The molecule has 1 fully saturated rings. The van der Waals surface area contributed by atoms with Gasteiger partial charge >= 0.3 is 5.97 Å². The Labute approximate surface area is 197 Å². The van der Waals surface area contributed by atoms with Crippen LogP contribution in [-0.4, -0.2) is 65.7 Å². The van der Waals surface area contributed by atoms with Gasteiger partial charge in [-0.3, -0.25) is 18.7 Å². The summed E-state index contributed by atoms with van der Waals surface area (Å²) in [6.07, 6.45) is 1.75. The molecule has 0 saturated carbocycles. The summed E-state index contributed by atoms with van der Waals surface area (Å²) in [5.41, 5.74) is 0.664. The molecule has 31 heavy (non-hydrogen) atoms. The van der Waals surface area contributed by atoms with Crippen LogP contribution in [0.25, 0.3) is 0 Å². The molecule has 2 amide bonds. The lowest BCUT2D eigenvalue weighted by Gasteiger charge is -2.49. The molecule has 3 atom stereocenters. The zero-order valence-electron chi connectivity index (χ0n) is 16.1. The maximum Gasteiger partial charge on any atom is 0.352 e. The summed E-state index contributed by atoms with van der Waals surface area (Å²) < 4.78 is 13.8. The normalized spacial score (nSPS) is 21.5. The summed E-state index contributed by atoms with van der Waals surface area (Å²) in [6.45, 7) is 1.90. The number of aryl methyl sites for hydroxylation is 1. The first-order valence-corrected chi connectivity index (χ1v) is 14.1. The minimum atomic E-state index is -1.47. The van der Waals surface area contributed by atoms with Crippen molar-refractivity contribution in [2.24, 2.45) is 0 Å². The Morgan fingerprint density at radius 1 is 1.45 bits per heavy atom. The largest absolute Gasteiger partial charge is 0.477 e. The first kappa shape index (κ1) is 22.5. The first-order chi connectivity index (χ1) is 14.8. The molecule has 13 heteroatoms. The van der Waals surface area contributed by atoms with Gasteiger partial charge in [0.05, 0.1) is 30.4 Å². The number of thiophene rings is 1. The highest BCUT2D eigenvalue weighted by Gasteiger charge is 2.54. The molecule has 0 aliphatic carbocycles. The van der Waals surface area contributed by atoms with Crippen LogP contribution in [0.15, 0.2) is 43.4 Å². The number of nitrogens with one attached hydrogen (secondary N) is 1. The molecular formula is C18H17N3O5S5. The number of carbonyl (C=O) groups excluding carboxylic acids is 2. The van der Waals surface area contributed by atoms with Crippen molar-refractivity contribution in [1.82, 2.24) is 15.2 Å². The van der Waals surface area contributed by atoms with Gasteiger partial charge in [0.15, 0.2) is 0 Å². The van der Waals surface area contributed by atoms with Crippen LogP contribution in [0.3, 0.4) is 0 Å². The number of rotatable bonds is 8. The molecule has 2 N–H and O–H groups in total. The van der Waals surface area contributed by atoms with Crippen molar-refractivity contribution >= 4 is 74.8 Å². The number of amides is 2. The van der Waals surface area contributed by atoms with E-state index in [4.69, 9.17) is 0 Å². The Hall–Kier alpha value is -1.67. The van der Waals surface area contributed by atoms with Gasteiger partial charge in [0.1, 0.15) is 22.9 Å². The van der Waals surface area contributed by atoms with E-state index in [9.17, 15) is 23.7 Å². The van der Waals surface area contributed by atoms with Gasteiger partial charge in [-0.2, -0.15) is 0 Å². The number of hydrogen-bond donors (Lipinski definition) is 2. The quantitative estimate of drug-likeness (QED) is 0.406. The van der Waals surface area contributed by atoms with Gasteiger partial charge < -0.3 is 10.4 Å². The maximum absolute atomic E-state index is 12.7. The molecule has 2 aromatic heterocycles. The molecule has 4 rings (SSSR count). The number of carboxylic acids is 1. The summed E-state index contributed by atoms with van der Waals surface area (Å²) in [5.74, 6) is -1.44. The van der Waals surface area contributed by atoms with Gasteiger partial charge in [-0.25, -0.2) is 9.78 Å². The number of carboxylic acid groups (broad SMARTS) is 1.